The van der Waals surface area contributed by atoms with Crippen molar-refractivity contribution in [2.45, 2.75) is 24.5 Å². The van der Waals surface area contributed by atoms with Crippen LogP contribution in [0.3, 0.4) is 0 Å². The highest BCUT2D eigenvalue weighted by atomic mass is 32.2. The third kappa shape index (κ3) is 5.98. The molecule has 8 heteroatoms. The molecule has 34 heavy (non-hydrogen) atoms. The minimum Gasteiger partial charge on any atom is -0.337 e. The zero-order chi connectivity index (χ0) is 24.0. The van der Waals surface area contributed by atoms with Crippen LogP contribution in [0.1, 0.15) is 27.0 Å². The molecule has 0 saturated heterocycles. The topological polar surface area (TPSA) is 84.3 Å². The van der Waals surface area contributed by atoms with Crippen LogP contribution in [0.2, 0.25) is 0 Å². The molecule has 0 unspecified atom stereocenters. The van der Waals surface area contributed by atoms with Gasteiger partial charge in [-0.1, -0.05) is 66.7 Å². The van der Waals surface area contributed by atoms with E-state index in [1.807, 2.05) is 71.5 Å². The highest BCUT2D eigenvalue weighted by Crippen LogP contribution is 2.15. The number of amides is 1. The lowest BCUT2D eigenvalue weighted by Gasteiger charge is -2.17. The van der Waals surface area contributed by atoms with Gasteiger partial charge in [-0.05, 0) is 29.3 Å². The molecule has 1 heterocycles. The lowest BCUT2D eigenvalue weighted by atomic mass is 10.2. The molecule has 3 aromatic carbocycles. The Bertz CT molecular complexity index is 1350. The standard InChI is InChI=1S/C26H26N4O3S/c1-29(18-23-16-27-30(20-23)19-22-11-6-3-7-12-22)26(31)24-13-8-14-25(15-24)34(32,33)28-17-21-9-4-2-5-10-21/h2-16,20,28H,17-19H2,1H3. The van der Waals surface area contributed by atoms with E-state index in [-0.39, 0.29) is 17.3 Å². The number of carbonyl (C=O) groups is 1. The largest absolute Gasteiger partial charge is 0.337 e. The van der Waals surface area contributed by atoms with Crippen LogP contribution >= 0.6 is 0 Å². The molecule has 0 fully saturated rings. The summed E-state index contributed by atoms with van der Waals surface area (Å²) in [6.45, 7) is 1.18. The second kappa shape index (κ2) is 10.5. The minimum atomic E-state index is -3.76. The van der Waals surface area contributed by atoms with E-state index in [1.165, 1.54) is 12.1 Å². The minimum absolute atomic E-state index is 0.0540. The van der Waals surface area contributed by atoms with Crippen LogP contribution in [0.4, 0.5) is 0 Å². The van der Waals surface area contributed by atoms with Crippen molar-refractivity contribution in [1.29, 1.82) is 0 Å². The third-order valence-corrected chi connectivity index (χ3v) is 6.74. The maximum Gasteiger partial charge on any atom is 0.253 e. The summed E-state index contributed by atoms with van der Waals surface area (Å²) in [6.07, 6.45) is 3.65. The molecular weight excluding hydrogens is 448 g/mol. The number of nitrogens with zero attached hydrogens (tertiary/aromatic N) is 3. The van der Waals surface area contributed by atoms with Crippen LogP contribution in [-0.2, 0) is 29.7 Å². The Morgan fingerprint density at radius 1 is 0.912 bits per heavy atom. The Hall–Kier alpha value is -3.75. The second-order valence-corrected chi connectivity index (χ2v) is 9.80. The van der Waals surface area contributed by atoms with Crippen LogP contribution < -0.4 is 4.72 Å². The first-order valence-electron chi connectivity index (χ1n) is 10.8. The number of hydrogen-bond donors (Lipinski definition) is 1. The Labute approximate surface area is 199 Å². The van der Waals surface area contributed by atoms with Crippen molar-refractivity contribution in [3.63, 3.8) is 0 Å². The van der Waals surface area contributed by atoms with Crippen molar-refractivity contribution >= 4 is 15.9 Å². The summed E-state index contributed by atoms with van der Waals surface area (Å²) in [7, 11) is -2.07. The molecule has 4 rings (SSSR count). The van der Waals surface area contributed by atoms with Gasteiger partial charge in [-0.2, -0.15) is 5.10 Å². The molecule has 0 atom stereocenters. The molecule has 1 amide bonds. The van der Waals surface area contributed by atoms with Crippen LogP contribution in [0.15, 0.2) is 102 Å². The molecule has 4 aromatic rings. The van der Waals surface area contributed by atoms with Crippen LogP contribution in [-0.4, -0.2) is 36.1 Å². The molecule has 7 nitrogen and oxygen atoms in total. The molecule has 1 N–H and O–H groups in total. The monoisotopic (exact) mass is 474 g/mol. The van der Waals surface area contributed by atoms with E-state index in [0.29, 0.717) is 18.7 Å². The van der Waals surface area contributed by atoms with E-state index >= 15 is 0 Å². The van der Waals surface area contributed by atoms with Crippen molar-refractivity contribution in [2.24, 2.45) is 0 Å². The quantitative estimate of drug-likeness (QED) is 0.401. The maximum absolute atomic E-state index is 13.0. The van der Waals surface area contributed by atoms with Crippen molar-refractivity contribution < 1.29 is 13.2 Å². The van der Waals surface area contributed by atoms with Gasteiger partial charge in [0.05, 0.1) is 17.6 Å². The number of benzene rings is 3. The number of nitrogens with one attached hydrogen (secondary N) is 1. The molecule has 0 aliphatic carbocycles. The van der Waals surface area contributed by atoms with Gasteiger partial charge in [-0.3, -0.25) is 9.48 Å². The average molecular weight is 475 g/mol. The Balaban J connectivity index is 1.40. The Kier molecular flexibility index (Phi) is 7.20. The van der Waals surface area contributed by atoms with Gasteiger partial charge in [-0.25, -0.2) is 13.1 Å². The van der Waals surface area contributed by atoms with E-state index in [2.05, 4.69) is 9.82 Å². The number of aromatic nitrogens is 2. The third-order valence-electron chi connectivity index (χ3n) is 5.34. The number of carbonyl (C=O) groups excluding carboxylic acids is 1. The number of hydrogen-bond acceptors (Lipinski definition) is 4. The maximum atomic E-state index is 13.0. The first kappa shape index (κ1) is 23.4. The summed E-state index contributed by atoms with van der Waals surface area (Å²) in [5, 5.41) is 4.38. The van der Waals surface area contributed by atoms with Crippen molar-refractivity contribution in [1.82, 2.24) is 19.4 Å². The molecule has 0 saturated carbocycles. The summed E-state index contributed by atoms with van der Waals surface area (Å²) < 4.78 is 29.9. The van der Waals surface area contributed by atoms with Gasteiger partial charge in [0.1, 0.15) is 0 Å². The Morgan fingerprint density at radius 3 is 2.29 bits per heavy atom. The summed E-state index contributed by atoms with van der Waals surface area (Å²) >= 11 is 0. The number of sulfonamides is 1. The normalized spacial score (nSPS) is 11.3. The van der Waals surface area contributed by atoms with Crippen molar-refractivity contribution in [3.8, 4) is 0 Å². The van der Waals surface area contributed by atoms with Crippen LogP contribution in [0.25, 0.3) is 0 Å². The summed E-state index contributed by atoms with van der Waals surface area (Å²) in [4.78, 5) is 14.6. The van der Waals surface area contributed by atoms with Gasteiger partial charge in [0.2, 0.25) is 10.0 Å². The lowest BCUT2D eigenvalue weighted by Crippen LogP contribution is -2.27. The molecule has 0 radical (unpaired) electrons. The van der Waals surface area contributed by atoms with Gasteiger partial charge in [-0.15, -0.1) is 0 Å². The highest BCUT2D eigenvalue weighted by Gasteiger charge is 2.18. The highest BCUT2D eigenvalue weighted by molar-refractivity contribution is 7.89. The SMILES string of the molecule is CN(Cc1cnn(Cc2ccccc2)c1)C(=O)c1cccc(S(=O)(=O)NCc2ccccc2)c1. The van der Waals surface area contributed by atoms with Crippen LogP contribution in [0, 0.1) is 0 Å². The summed E-state index contributed by atoms with van der Waals surface area (Å²) in [5.41, 5.74) is 3.19. The predicted molar refractivity (Wildman–Crippen MR) is 130 cm³/mol. The van der Waals surface area contributed by atoms with E-state index < -0.39 is 10.0 Å². The first-order valence-corrected chi connectivity index (χ1v) is 12.3. The fourth-order valence-corrected chi connectivity index (χ4v) is 4.63. The summed E-state index contributed by atoms with van der Waals surface area (Å²) in [5.74, 6) is -0.268. The van der Waals surface area contributed by atoms with Gasteiger partial charge >= 0.3 is 0 Å². The molecule has 0 aliphatic heterocycles. The molecule has 1 aromatic heterocycles. The van der Waals surface area contributed by atoms with Gasteiger partial charge in [0, 0.05) is 37.5 Å². The fraction of sp³-hybridized carbons (Fsp3) is 0.154. The van der Waals surface area contributed by atoms with Crippen molar-refractivity contribution in [3.05, 3.63) is 120 Å². The first-order chi connectivity index (χ1) is 16.4. The average Bonchev–Trinajstić information content (AvgIpc) is 3.30. The molecular formula is C26H26N4O3S. The van der Waals surface area contributed by atoms with Gasteiger partial charge in [0.25, 0.3) is 5.91 Å². The number of rotatable bonds is 9. The van der Waals surface area contributed by atoms with E-state index in [0.717, 1.165) is 16.7 Å². The predicted octanol–water partition coefficient (Wildman–Crippen LogP) is 3.68. The zero-order valence-corrected chi connectivity index (χ0v) is 19.7. The second-order valence-electron chi connectivity index (χ2n) is 8.03. The molecule has 0 aliphatic rings. The van der Waals surface area contributed by atoms with E-state index in [9.17, 15) is 13.2 Å². The fourth-order valence-electron chi connectivity index (χ4n) is 3.56. The molecule has 174 valence electrons. The van der Waals surface area contributed by atoms with Gasteiger partial charge < -0.3 is 4.90 Å². The smallest absolute Gasteiger partial charge is 0.253 e. The van der Waals surface area contributed by atoms with Gasteiger partial charge in [0.15, 0.2) is 0 Å². The lowest BCUT2D eigenvalue weighted by molar-refractivity contribution is 0.0785. The molecule has 0 bridgehead atoms. The zero-order valence-electron chi connectivity index (χ0n) is 18.8. The Morgan fingerprint density at radius 2 is 1.59 bits per heavy atom. The summed E-state index contributed by atoms with van der Waals surface area (Å²) in [6, 6.07) is 25.4. The molecule has 0 spiro atoms. The van der Waals surface area contributed by atoms with Crippen LogP contribution in [0.5, 0.6) is 0 Å². The van der Waals surface area contributed by atoms with E-state index in [1.54, 1.807) is 30.3 Å². The van der Waals surface area contributed by atoms with E-state index in [4.69, 9.17) is 0 Å². The van der Waals surface area contributed by atoms with Crippen molar-refractivity contribution in [2.75, 3.05) is 7.05 Å².